The molecule has 0 bridgehead atoms. The van der Waals surface area contributed by atoms with Gasteiger partial charge in [0.1, 0.15) is 5.69 Å². The molecule has 0 saturated carbocycles. The van der Waals surface area contributed by atoms with Gasteiger partial charge in [0.25, 0.3) is 5.91 Å². The van der Waals surface area contributed by atoms with Crippen molar-refractivity contribution < 1.29 is 4.79 Å². The number of carbonyl (C=O) groups is 1. The van der Waals surface area contributed by atoms with Crippen LogP contribution in [0.5, 0.6) is 0 Å². The second kappa shape index (κ2) is 4.89. The van der Waals surface area contributed by atoms with Crippen LogP contribution in [0.1, 0.15) is 23.0 Å². The minimum Gasteiger partial charge on any atom is -0.398 e. The molecular formula is C14H14N4O. The molecule has 2 aromatic rings. The number of nitrogen functional groups attached to an aromatic ring is 1. The smallest absolute Gasteiger partial charge is 0.267 e. The number of carbonyl (C=O) groups excluding carboxylic acids is 1. The molecule has 0 aliphatic rings. The molecule has 0 aliphatic heterocycles. The molecule has 2 rings (SSSR count). The normalized spacial score (nSPS) is 10.2. The van der Waals surface area contributed by atoms with Crippen molar-refractivity contribution in [1.82, 2.24) is 4.98 Å². The fraction of sp³-hybridized carbons (Fsp3) is 0.0714. The number of nitrogens with zero attached hydrogens (tertiary/aromatic N) is 1. The molecule has 0 radical (unpaired) electrons. The number of primary amides is 1. The molecule has 96 valence electrons. The standard InChI is InChI=1S/C14H14N4O/c1-8(15)11-6-9(2-3-12(11)16)10-4-5-18-13(7-10)14(17)19/h2-7,15H,16H2,1H3,(H2,17,19). The Bertz CT molecular complexity index is 664. The zero-order valence-corrected chi connectivity index (χ0v) is 10.5. The highest BCUT2D eigenvalue weighted by atomic mass is 16.1. The fourth-order valence-electron chi connectivity index (χ4n) is 1.81. The molecule has 1 aromatic heterocycles. The van der Waals surface area contributed by atoms with Gasteiger partial charge in [0, 0.05) is 23.2 Å². The van der Waals surface area contributed by atoms with Crippen LogP contribution in [0.2, 0.25) is 0 Å². The van der Waals surface area contributed by atoms with Crippen LogP contribution in [0.15, 0.2) is 36.5 Å². The largest absolute Gasteiger partial charge is 0.398 e. The summed E-state index contributed by atoms with van der Waals surface area (Å²) in [5, 5.41) is 7.68. The molecule has 0 saturated heterocycles. The summed E-state index contributed by atoms with van der Waals surface area (Å²) in [5.74, 6) is -0.569. The van der Waals surface area contributed by atoms with Crippen molar-refractivity contribution in [3.8, 4) is 11.1 Å². The Morgan fingerprint density at radius 2 is 1.89 bits per heavy atom. The van der Waals surface area contributed by atoms with Crippen molar-refractivity contribution in [1.29, 1.82) is 5.41 Å². The van der Waals surface area contributed by atoms with E-state index < -0.39 is 5.91 Å². The van der Waals surface area contributed by atoms with E-state index >= 15 is 0 Å². The Balaban J connectivity index is 2.53. The lowest BCUT2D eigenvalue weighted by molar-refractivity contribution is 0.0995. The Kier molecular flexibility index (Phi) is 3.29. The summed E-state index contributed by atoms with van der Waals surface area (Å²) >= 11 is 0. The Labute approximate surface area is 110 Å². The maximum Gasteiger partial charge on any atom is 0.267 e. The summed E-state index contributed by atoms with van der Waals surface area (Å²) in [4.78, 5) is 15.0. The highest BCUT2D eigenvalue weighted by molar-refractivity contribution is 6.02. The Morgan fingerprint density at radius 1 is 1.21 bits per heavy atom. The van der Waals surface area contributed by atoms with Gasteiger partial charge in [-0.05, 0) is 42.3 Å². The monoisotopic (exact) mass is 254 g/mol. The second-order valence-electron chi connectivity index (χ2n) is 4.22. The summed E-state index contributed by atoms with van der Waals surface area (Å²) in [6.07, 6.45) is 1.53. The van der Waals surface area contributed by atoms with Crippen LogP contribution < -0.4 is 11.5 Å². The van der Waals surface area contributed by atoms with E-state index in [1.54, 1.807) is 25.1 Å². The summed E-state index contributed by atoms with van der Waals surface area (Å²) in [6, 6.07) is 8.80. The summed E-state index contributed by atoms with van der Waals surface area (Å²) in [6.45, 7) is 1.68. The molecule has 1 aromatic carbocycles. The fourth-order valence-corrected chi connectivity index (χ4v) is 1.81. The predicted octanol–water partition coefficient (Wildman–Crippen LogP) is 1.82. The van der Waals surface area contributed by atoms with Crippen LogP contribution in [-0.2, 0) is 0 Å². The van der Waals surface area contributed by atoms with Crippen LogP contribution in [0, 0.1) is 5.41 Å². The van der Waals surface area contributed by atoms with Gasteiger partial charge >= 0.3 is 0 Å². The number of rotatable bonds is 3. The molecule has 19 heavy (non-hydrogen) atoms. The van der Waals surface area contributed by atoms with Crippen molar-refractivity contribution >= 4 is 17.3 Å². The number of amides is 1. The van der Waals surface area contributed by atoms with Crippen molar-refractivity contribution in [3.05, 3.63) is 47.8 Å². The van der Waals surface area contributed by atoms with Crippen LogP contribution in [0.3, 0.4) is 0 Å². The summed E-state index contributed by atoms with van der Waals surface area (Å²) in [7, 11) is 0. The van der Waals surface area contributed by atoms with Gasteiger partial charge in [0.05, 0.1) is 0 Å². The summed E-state index contributed by atoms with van der Waals surface area (Å²) < 4.78 is 0. The third-order valence-electron chi connectivity index (χ3n) is 2.80. The van der Waals surface area contributed by atoms with Gasteiger partial charge < -0.3 is 16.9 Å². The third kappa shape index (κ3) is 2.60. The minimum absolute atomic E-state index is 0.211. The van der Waals surface area contributed by atoms with Gasteiger partial charge in [-0.2, -0.15) is 0 Å². The molecule has 0 fully saturated rings. The lowest BCUT2D eigenvalue weighted by atomic mass is 10.00. The van der Waals surface area contributed by atoms with Gasteiger partial charge in [-0.15, -0.1) is 0 Å². The van der Waals surface area contributed by atoms with Crippen molar-refractivity contribution in [2.45, 2.75) is 6.92 Å². The molecule has 5 N–H and O–H groups in total. The summed E-state index contributed by atoms with van der Waals surface area (Å²) in [5.41, 5.74) is 14.5. The van der Waals surface area contributed by atoms with E-state index in [1.807, 2.05) is 12.1 Å². The molecule has 1 heterocycles. The van der Waals surface area contributed by atoms with Crippen molar-refractivity contribution in [3.63, 3.8) is 0 Å². The molecule has 0 aliphatic carbocycles. The average molecular weight is 254 g/mol. The zero-order valence-electron chi connectivity index (χ0n) is 10.5. The number of nitrogens with one attached hydrogen (secondary N) is 1. The van der Waals surface area contributed by atoms with Gasteiger partial charge in [-0.3, -0.25) is 9.78 Å². The van der Waals surface area contributed by atoms with E-state index in [1.165, 1.54) is 6.20 Å². The van der Waals surface area contributed by atoms with E-state index in [4.69, 9.17) is 16.9 Å². The van der Waals surface area contributed by atoms with Crippen LogP contribution in [0.4, 0.5) is 5.69 Å². The topological polar surface area (TPSA) is 106 Å². The van der Waals surface area contributed by atoms with E-state index in [0.717, 1.165) is 11.1 Å². The Morgan fingerprint density at radius 3 is 2.53 bits per heavy atom. The minimum atomic E-state index is -0.569. The first-order valence-electron chi connectivity index (χ1n) is 5.70. The SMILES string of the molecule is CC(=N)c1cc(-c2ccnc(C(N)=O)c2)ccc1N. The molecule has 1 amide bonds. The molecule has 5 heteroatoms. The lowest BCUT2D eigenvalue weighted by Crippen LogP contribution is -2.12. The number of hydrogen-bond acceptors (Lipinski definition) is 4. The van der Waals surface area contributed by atoms with Crippen LogP contribution >= 0.6 is 0 Å². The van der Waals surface area contributed by atoms with Gasteiger partial charge in [-0.25, -0.2) is 0 Å². The van der Waals surface area contributed by atoms with Gasteiger partial charge in [0.2, 0.25) is 0 Å². The first-order valence-corrected chi connectivity index (χ1v) is 5.70. The molecule has 0 unspecified atom stereocenters. The number of nitrogens with two attached hydrogens (primary N) is 2. The number of aromatic nitrogens is 1. The number of anilines is 1. The average Bonchev–Trinajstić information content (AvgIpc) is 2.39. The van der Waals surface area contributed by atoms with Crippen LogP contribution in [0.25, 0.3) is 11.1 Å². The highest BCUT2D eigenvalue weighted by Crippen LogP contribution is 2.24. The van der Waals surface area contributed by atoms with E-state index in [0.29, 0.717) is 17.0 Å². The number of hydrogen-bond donors (Lipinski definition) is 3. The van der Waals surface area contributed by atoms with Gasteiger partial charge in [-0.1, -0.05) is 6.07 Å². The maximum atomic E-state index is 11.1. The third-order valence-corrected chi connectivity index (χ3v) is 2.80. The molecule has 0 atom stereocenters. The first-order chi connectivity index (χ1) is 8.99. The zero-order chi connectivity index (χ0) is 14.0. The van der Waals surface area contributed by atoms with Crippen LogP contribution in [-0.4, -0.2) is 16.6 Å². The Hall–Kier alpha value is -2.69. The quantitative estimate of drug-likeness (QED) is 0.574. The number of pyridine rings is 1. The number of benzene rings is 1. The first kappa shape index (κ1) is 12.8. The molecular weight excluding hydrogens is 240 g/mol. The second-order valence-corrected chi connectivity index (χ2v) is 4.22. The van der Waals surface area contributed by atoms with Crippen molar-refractivity contribution in [2.24, 2.45) is 5.73 Å². The van der Waals surface area contributed by atoms with Crippen molar-refractivity contribution in [2.75, 3.05) is 5.73 Å². The van der Waals surface area contributed by atoms with Gasteiger partial charge in [0.15, 0.2) is 0 Å². The maximum absolute atomic E-state index is 11.1. The lowest BCUT2D eigenvalue weighted by Gasteiger charge is -2.08. The molecule has 0 spiro atoms. The van der Waals surface area contributed by atoms with E-state index in [9.17, 15) is 4.79 Å². The van der Waals surface area contributed by atoms with E-state index in [-0.39, 0.29) is 5.69 Å². The highest BCUT2D eigenvalue weighted by Gasteiger charge is 2.07. The predicted molar refractivity (Wildman–Crippen MR) is 75.1 cm³/mol. The molecule has 5 nitrogen and oxygen atoms in total. The van der Waals surface area contributed by atoms with E-state index in [2.05, 4.69) is 4.98 Å².